The summed E-state index contributed by atoms with van der Waals surface area (Å²) in [5.74, 6) is 0.0243. The molecule has 8 heteroatoms. The van der Waals surface area contributed by atoms with Crippen molar-refractivity contribution in [2.45, 2.75) is 26.4 Å². The molecule has 0 saturated heterocycles. The molecule has 0 saturated carbocycles. The first-order valence-electron chi connectivity index (χ1n) is 11.1. The zero-order chi connectivity index (χ0) is 24.5. The molecule has 1 aromatic heterocycles. The smallest absolute Gasteiger partial charge is 0.258 e. The lowest BCUT2D eigenvalue weighted by atomic mass is 9.94. The Bertz CT molecular complexity index is 1430. The van der Waals surface area contributed by atoms with Crippen LogP contribution in [0, 0.1) is 18.6 Å². The minimum atomic E-state index is -0.526. The molecule has 1 aliphatic rings. The molecule has 1 atom stereocenters. The Balaban J connectivity index is 1.61. The molecule has 1 N–H and O–H groups in total. The molecule has 0 amide bonds. The molecule has 0 spiro atoms. The van der Waals surface area contributed by atoms with Gasteiger partial charge in [-0.15, -0.1) is 0 Å². The van der Waals surface area contributed by atoms with Crippen molar-refractivity contribution in [2.24, 2.45) is 0 Å². The first kappa shape index (κ1) is 22.9. The first-order valence-corrected chi connectivity index (χ1v) is 11.5. The van der Waals surface area contributed by atoms with Crippen LogP contribution in [0.1, 0.15) is 35.5 Å². The Morgan fingerprint density at radius 2 is 1.77 bits per heavy atom. The molecule has 0 aliphatic carbocycles. The second-order valence-corrected chi connectivity index (χ2v) is 8.79. The highest BCUT2D eigenvalue weighted by atomic mass is 32.1. The minimum absolute atomic E-state index is 0.211. The van der Waals surface area contributed by atoms with Crippen LogP contribution in [0.25, 0.3) is 17.0 Å². The lowest BCUT2D eigenvalue weighted by Gasteiger charge is -2.37. The fourth-order valence-electron chi connectivity index (χ4n) is 4.13. The molecule has 35 heavy (non-hydrogen) atoms. The van der Waals surface area contributed by atoms with E-state index in [1.165, 1.54) is 18.2 Å². The number of aromatic nitrogens is 2. The van der Waals surface area contributed by atoms with Crippen molar-refractivity contribution in [3.63, 3.8) is 0 Å². The van der Waals surface area contributed by atoms with Crippen LogP contribution in [0.4, 0.5) is 8.78 Å². The second-order valence-electron chi connectivity index (χ2n) is 8.40. The van der Waals surface area contributed by atoms with Crippen molar-refractivity contribution in [3.8, 4) is 11.4 Å². The SMILES string of the molecule is CC1=C(c2nc(-c3ccc(C)cc3)no2)C(c2cccc(F)c2)NC(=S)N1Cc1ccccc1F. The Kier molecular flexibility index (Phi) is 6.13. The highest BCUT2D eigenvalue weighted by Crippen LogP contribution is 2.38. The highest BCUT2D eigenvalue weighted by molar-refractivity contribution is 7.80. The largest absolute Gasteiger partial charge is 0.351 e. The maximum absolute atomic E-state index is 14.4. The summed E-state index contributed by atoms with van der Waals surface area (Å²) in [7, 11) is 0. The number of benzene rings is 3. The molecule has 1 unspecified atom stereocenters. The number of nitrogens with one attached hydrogen (secondary N) is 1. The molecule has 2 heterocycles. The number of hydrogen-bond donors (Lipinski definition) is 1. The van der Waals surface area contributed by atoms with Gasteiger partial charge in [0, 0.05) is 16.8 Å². The van der Waals surface area contributed by atoms with Crippen LogP contribution in [0.5, 0.6) is 0 Å². The van der Waals surface area contributed by atoms with E-state index in [1.807, 2.05) is 38.1 Å². The number of thiocarbonyl (C=S) groups is 1. The van der Waals surface area contributed by atoms with E-state index >= 15 is 0 Å². The summed E-state index contributed by atoms with van der Waals surface area (Å²) in [5, 5.41) is 7.84. The van der Waals surface area contributed by atoms with E-state index in [0.29, 0.717) is 33.3 Å². The van der Waals surface area contributed by atoms with Crippen LogP contribution in [-0.2, 0) is 6.54 Å². The normalized spacial score (nSPS) is 15.9. The number of nitrogens with zero attached hydrogens (tertiary/aromatic N) is 3. The maximum Gasteiger partial charge on any atom is 0.258 e. The Labute approximate surface area is 207 Å². The van der Waals surface area contributed by atoms with Gasteiger partial charge in [-0.25, -0.2) is 8.78 Å². The zero-order valence-corrected chi connectivity index (χ0v) is 19.9. The van der Waals surface area contributed by atoms with E-state index in [2.05, 4.69) is 15.5 Å². The van der Waals surface area contributed by atoms with E-state index < -0.39 is 6.04 Å². The van der Waals surface area contributed by atoms with Gasteiger partial charge in [-0.05, 0) is 49.8 Å². The van der Waals surface area contributed by atoms with Gasteiger partial charge >= 0.3 is 0 Å². The number of aryl methyl sites for hydroxylation is 1. The summed E-state index contributed by atoms with van der Waals surface area (Å²) in [4.78, 5) is 6.44. The summed E-state index contributed by atoms with van der Waals surface area (Å²) in [6.07, 6.45) is 0. The third-order valence-corrected chi connectivity index (χ3v) is 6.37. The van der Waals surface area contributed by atoms with Gasteiger partial charge in [0.2, 0.25) is 5.82 Å². The molecular weight excluding hydrogens is 466 g/mol. The van der Waals surface area contributed by atoms with Crippen molar-refractivity contribution < 1.29 is 13.3 Å². The molecular formula is C27H22F2N4OS. The van der Waals surface area contributed by atoms with E-state index in [-0.39, 0.29) is 24.1 Å². The lowest BCUT2D eigenvalue weighted by Crippen LogP contribution is -2.45. The maximum atomic E-state index is 14.4. The van der Waals surface area contributed by atoms with Gasteiger partial charge in [0.15, 0.2) is 5.11 Å². The molecule has 176 valence electrons. The third kappa shape index (κ3) is 4.57. The standard InChI is InChI=1S/C27H22F2N4OS/c1-16-10-12-18(13-11-16)25-31-26(34-32-25)23-17(2)33(15-20-6-3-4-9-22(20)29)27(35)30-24(23)19-7-5-8-21(28)14-19/h3-14,24H,15H2,1-2H3,(H,30,35). The van der Waals surface area contributed by atoms with Gasteiger partial charge in [-0.1, -0.05) is 65.3 Å². The van der Waals surface area contributed by atoms with Crippen molar-refractivity contribution in [3.05, 3.63) is 113 Å². The van der Waals surface area contributed by atoms with Gasteiger partial charge in [-0.3, -0.25) is 0 Å². The Hall–Kier alpha value is -3.91. The summed E-state index contributed by atoms with van der Waals surface area (Å²) in [6, 6.07) is 20.1. The molecule has 5 nitrogen and oxygen atoms in total. The van der Waals surface area contributed by atoms with E-state index in [1.54, 1.807) is 35.2 Å². The van der Waals surface area contributed by atoms with Gasteiger partial charge in [-0.2, -0.15) is 4.98 Å². The molecule has 4 aromatic rings. The molecule has 1 aliphatic heterocycles. The summed E-state index contributed by atoms with van der Waals surface area (Å²) < 4.78 is 34.3. The summed E-state index contributed by atoms with van der Waals surface area (Å²) in [5.41, 5.74) is 4.44. The third-order valence-electron chi connectivity index (χ3n) is 6.03. The topological polar surface area (TPSA) is 54.2 Å². The fourth-order valence-corrected chi connectivity index (χ4v) is 4.45. The number of halogens is 2. The monoisotopic (exact) mass is 488 g/mol. The van der Waals surface area contributed by atoms with Crippen LogP contribution in [-0.4, -0.2) is 20.2 Å². The number of hydrogen-bond acceptors (Lipinski definition) is 4. The Morgan fingerprint density at radius 1 is 1.00 bits per heavy atom. The van der Waals surface area contributed by atoms with Gasteiger partial charge in [0.1, 0.15) is 11.6 Å². The molecule has 0 bridgehead atoms. The van der Waals surface area contributed by atoms with Crippen molar-refractivity contribution in [2.75, 3.05) is 0 Å². The van der Waals surface area contributed by atoms with Gasteiger partial charge < -0.3 is 14.7 Å². The Morgan fingerprint density at radius 3 is 2.51 bits per heavy atom. The van der Waals surface area contributed by atoms with Crippen LogP contribution < -0.4 is 5.32 Å². The molecule has 3 aromatic carbocycles. The van der Waals surface area contributed by atoms with E-state index in [9.17, 15) is 8.78 Å². The predicted octanol–water partition coefficient (Wildman–Crippen LogP) is 6.19. The van der Waals surface area contributed by atoms with Crippen molar-refractivity contribution in [1.82, 2.24) is 20.4 Å². The van der Waals surface area contributed by atoms with Crippen LogP contribution in [0.2, 0.25) is 0 Å². The summed E-state index contributed by atoms with van der Waals surface area (Å²) in [6.45, 7) is 4.08. The molecule has 0 fully saturated rings. The first-order chi connectivity index (χ1) is 16.9. The molecule has 0 radical (unpaired) electrons. The lowest BCUT2D eigenvalue weighted by molar-refractivity contribution is 0.395. The van der Waals surface area contributed by atoms with Crippen molar-refractivity contribution in [1.29, 1.82) is 0 Å². The van der Waals surface area contributed by atoms with Crippen LogP contribution in [0.15, 0.2) is 83.0 Å². The number of rotatable bonds is 5. The average molecular weight is 489 g/mol. The van der Waals surface area contributed by atoms with E-state index in [4.69, 9.17) is 16.7 Å². The quantitative estimate of drug-likeness (QED) is 0.338. The van der Waals surface area contributed by atoms with Gasteiger partial charge in [0.05, 0.1) is 18.2 Å². The fraction of sp³-hybridized carbons (Fsp3) is 0.148. The zero-order valence-electron chi connectivity index (χ0n) is 19.1. The van der Waals surface area contributed by atoms with Gasteiger partial charge in [0.25, 0.3) is 5.89 Å². The van der Waals surface area contributed by atoms with Crippen LogP contribution >= 0.6 is 12.2 Å². The predicted molar refractivity (Wildman–Crippen MR) is 134 cm³/mol. The van der Waals surface area contributed by atoms with Crippen molar-refractivity contribution >= 4 is 22.9 Å². The minimum Gasteiger partial charge on any atom is -0.351 e. The summed E-state index contributed by atoms with van der Waals surface area (Å²) >= 11 is 5.65. The average Bonchev–Trinajstić information content (AvgIpc) is 3.32. The van der Waals surface area contributed by atoms with E-state index in [0.717, 1.165) is 11.1 Å². The molecule has 5 rings (SSSR count). The number of allylic oxidation sites excluding steroid dienone is 1. The second kappa shape index (κ2) is 9.38. The van der Waals surface area contributed by atoms with Crippen LogP contribution in [0.3, 0.4) is 0 Å². The highest BCUT2D eigenvalue weighted by Gasteiger charge is 2.34.